The highest BCUT2D eigenvalue weighted by molar-refractivity contribution is 7.97. The Morgan fingerprint density at radius 1 is 1.25 bits per heavy atom. The smallest absolute Gasteiger partial charge is 0.0561 e. The molecule has 28 heavy (non-hydrogen) atoms. The summed E-state index contributed by atoms with van der Waals surface area (Å²) < 4.78 is 3.53. The molecule has 2 aromatic rings. The monoisotopic (exact) mass is 415 g/mol. The van der Waals surface area contributed by atoms with Crippen molar-refractivity contribution in [1.82, 2.24) is 9.62 Å². The predicted octanol–water partition coefficient (Wildman–Crippen LogP) is 6.05. The second-order valence-corrected chi connectivity index (χ2v) is 8.22. The number of nitrogens with zero attached hydrogens (tertiary/aromatic N) is 2. The summed E-state index contributed by atoms with van der Waals surface area (Å²) in [5, 5.41) is 0.794. The third-order valence-electron chi connectivity index (χ3n) is 4.69. The van der Waals surface area contributed by atoms with Crippen molar-refractivity contribution in [2.75, 3.05) is 13.1 Å². The van der Waals surface area contributed by atoms with Gasteiger partial charge in [-0.15, -0.1) is 0 Å². The van der Waals surface area contributed by atoms with Gasteiger partial charge in [-0.3, -0.25) is 9.71 Å². The Kier molecular flexibility index (Phi) is 9.10. The van der Waals surface area contributed by atoms with Crippen molar-refractivity contribution in [2.24, 2.45) is 4.99 Å². The van der Waals surface area contributed by atoms with Crippen LogP contribution in [0.15, 0.2) is 64.2 Å². The highest BCUT2D eigenvalue weighted by Gasteiger charge is 2.16. The average molecular weight is 416 g/mol. The van der Waals surface area contributed by atoms with E-state index in [2.05, 4.69) is 72.4 Å². The SMILES string of the molecule is C=N/C=C(/C(C)NSc1ccc(Cl)c(C)c1)N(CC)CCc1ccc(C)cc1. The van der Waals surface area contributed by atoms with E-state index in [0.717, 1.165) is 40.7 Å². The number of halogens is 1. The summed E-state index contributed by atoms with van der Waals surface area (Å²) in [5.41, 5.74) is 4.86. The molecule has 0 heterocycles. The maximum Gasteiger partial charge on any atom is 0.0561 e. The van der Waals surface area contributed by atoms with Crippen LogP contribution >= 0.6 is 23.5 Å². The maximum atomic E-state index is 6.12. The molecule has 3 nitrogen and oxygen atoms in total. The molecular formula is C23H30ClN3S. The summed E-state index contributed by atoms with van der Waals surface area (Å²) in [6, 6.07) is 14.9. The fourth-order valence-corrected chi connectivity index (χ4v) is 3.87. The molecule has 0 radical (unpaired) electrons. The molecule has 0 bridgehead atoms. The Morgan fingerprint density at radius 2 is 1.96 bits per heavy atom. The molecule has 1 atom stereocenters. The van der Waals surface area contributed by atoms with Gasteiger partial charge >= 0.3 is 0 Å². The number of rotatable bonds is 10. The van der Waals surface area contributed by atoms with Gasteiger partial charge in [0.05, 0.1) is 6.04 Å². The second kappa shape index (κ2) is 11.3. The molecule has 5 heteroatoms. The van der Waals surface area contributed by atoms with E-state index in [9.17, 15) is 0 Å². The third kappa shape index (κ3) is 6.69. The summed E-state index contributed by atoms with van der Waals surface area (Å²) >= 11 is 7.74. The Bertz CT molecular complexity index is 802. The fourth-order valence-electron chi connectivity index (χ4n) is 2.95. The summed E-state index contributed by atoms with van der Waals surface area (Å²) in [5.74, 6) is 0. The lowest BCUT2D eigenvalue weighted by Crippen LogP contribution is -2.35. The van der Waals surface area contributed by atoms with E-state index in [1.54, 1.807) is 11.9 Å². The molecule has 2 aromatic carbocycles. The van der Waals surface area contributed by atoms with Crippen LogP contribution in [0.2, 0.25) is 5.02 Å². The van der Waals surface area contributed by atoms with Crippen molar-refractivity contribution >= 4 is 30.3 Å². The van der Waals surface area contributed by atoms with Crippen LogP contribution in [0.4, 0.5) is 0 Å². The normalized spacial score (nSPS) is 12.7. The molecule has 0 spiro atoms. The van der Waals surface area contributed by atoms with Gasteiger partial charge in [0, 0.05) is 34.9 Å². The molecule has 0 aliphatic rings. The predicted molar refractivity (Wildman–Crippen MR) is 124 cm³/mol. The first-order valence-corrected chi connectivity index (χ1v) is 10.8. The van der Waals surface area contributed by atoms with Gasteiger partial charge in [-0.25, -0.2) is 0 Å². The molecule has 0 saturated heterocycles. The van der Waals surface area contributed by atoms with Gasteiger partial charge < -0.3 is 4.90 Å². The number of nitrogens with one attached hydrogen (secondary N) is 1. The molecule has 0 aliphatic carbocycles. The summed E-state index contributed by atoms with van der Waals surface area (Å²) in [7, 11) is 0. The molecule has 0 fully saturated rings. The minimum absolute atomic E-state index is 0.129. The fraction of sp³-hybridized carbons (Fsp3) is 0.348. The van der Waals surface area contributed by atoms with Crippen molar-refractivity contribution in [3.05, 3.63) is 76.1 Å². The maximum absolute atomic E-state index is 6.12. The van der Waals surface area contributed by atoms with Crippen molar-refractivity contribution in [2.45, 2.75) is 45.1 Å². The Balaban J connectivity index is 2.01. The zero-order valence-corrected chi connectivity index (χ0v) is 18.8. The number of aliphatic imine (C=N–C) groups is 1. The quantitative estimate of drug-likeness (QED) is 0.378. The average Bonchev–Trinajstić information content (AvgIpc) is 2.69. The molecule has 0 aromatic heterocycles. The van der Waals surface area contributed by atoms with Gasteiger partial charge in [-0.1, -0.05) is 41.4 Å². The number of benzene rings is 2. The molecule has 1 N–H and O–H groups in total. The molecular weight excluding hydrogens is 386 g/mol. The molecule has 1 unspecified atom stereocenters. The molecule has 0 amide bonds. The summed E-state index contributed by atoms with van der Waals surface area (Å²) in [4.78, 5) is 7.55. The van der Waals surface area contributed by atoms with Crippen LogP contribution < -0.4 is 4.72 Å². The molecule has 150 valence electrons. The van der Waals surface area contributed by atoms with Gasteiger partial charge in [0.2, 0.25) is 0 Å². The van der Waals surface area contributed by atoms with Crippen LogP contribution in [-0.2, 0) is 6.42 Å². The van der Waals surface area contributed by atoms with Crippen LogP contribution in [0.5, 0.6) is 0 Å². The summed E-state index contributed by atoms with van der Waals surface area (Å²) in [6.45, 7) is 14.0. The van der Waals surface area contributed by atoms with Gasteiger partial charge in [-0.2, -0.15) is 0 Å². The Labute approximate surface area is 179 Å². The van der Waals surface area contributed by atoms with E-state index >= 15 is 0 Å². The van der Waals surface area contributed by atoms with Gasteiger partial charge in [0.15, 0.2) is 0 Å². The minimum atomic E-state index is 0.129. The summed E-state index contributed by atoms with van der Waals surface area (Å²) in [6.07, 6.45) is 2.86. The van der Waals surface area contributed by atoms with E-state index in [4.69, 9.17) is 11.6 Å². The highest BCUT2D eigenvalue weighted by atomic mass is 35.5. The lowest BCUT2D eigenvalue weighted by Gasteiger charge is -2.30. The van der Waals surface area contributed by atoms with E-state index in [-0.39, 0.29) is 6.04 Å². The van der Waals surface area contributed by atoms with Crippen molar-refractivity contribution in [3.63, 3.8) is 0 Å². The van der Waals surface area contributed by atoms with Crippen LogP contribution in [0.25, 0.3) is 0 Å². The number of hydrogen-bond donors (Lipinski definition) is 1. The largest absolute Gasteiger partial charge is 0.372 e. The first-order valence-electron chi connectivity index (χ1n) is 9.59. The zero-order chi connectivity index (χ0) is 20.5. The van der Waals surface area contributed by atoms with Gasteiger partial charge in [-0.05, 0) is 82.1 Å². The molecule has 0 saturated carbocycles. The standard InChI is InChI=1S/C23H30ClN3S/c1-6-27(14-13-20-9-7-17(2)8-10-20)23(16-25-5)19(4)26-28-21-11-12-22(24)18(3)15-21/h7-12,15-16,19,26H,5-6,13-14H2,1-4H3/b23-16-. The van der Waals surface area contributed by atoms with Crippen LogP contribution in [0, 0.1) is 13.8 Å². The van der Waals surface area contributed by atoms with Gasteiger partial charge in [0.25, 0.3) is 0 Å². The number of likely N-dealkylation sites (N-methyl/N-ethyl adjacent to an activating group) is 1. The zero-order valence-electron chi connectivity index (χ0n) is 17.2. The number of aryl methyl sites for hydroxylation is 2. The van der Waals surface area contributed by atoms with Crippen LogP contribution in [0.1, 0.15) is 30.5 Å². The third-order valence-corrected chi connectivity index (χ3v) is 6.07. The van der Waals surface area contributed by atoms with E-state index in [1.165, 1.54) is 11.1 Å². The second-order valence-electron chi connectivity index (χ2n) is 6.90. The van der Waals surface area contributed by atoms with Crippen molar-refractivity contribution in [3.8, 4) is 0 Å². The Morgan fingerprint density at radius 3 is 2.57 bits per heavy atom. The van der Waals surface area contributed by atoms with E-state index in [1.807, 2.05) is 25.3 Å². The first-order chi connectivity index (χ1) is 13.4. The first kappa shape index (κ1) is 22.5. The van der Waals surface area contributed by atoms with Crippen LogP contribution in [-0.4, -0.2) is 30.7 Å². The van der Waals surface area contributed by atoms with E-state index in [0.29, 0.717) is 0 Å². The number of hydrogen-bond acceptors (Lipinski definition) is 4. The minimum Gasteiger partial charge on any atom is -0.372 e. The Hall–Kier alpha value is -1.75. The lowest BCUT2D eigenvalue weighted by atomic mass is 10.1. The van der Waals surface area contributed by atoms with Crippen molar-refractivity contribution in [1.29, 1.82) is 0 Å². The van der Waals surface area contributed by atoms with Gasteiger partial charge in [0.1, 0.15) is 0 Å². The topological polar surface area (TPSA) is 27.6 Å². The highest BCUT2D eigenvalue weighted by Crippen LogP contribution is 2.24. The molecule has 0 aliphatic heterocycles. The lowest BCUT2D eigenvalue weighted by molar-refractivity contribution is 0.340. The van der Waals surface area contributed by atoms with E-state index < -0.39 is 0 Å². The van der Waals surface area contributed by atoms with Crippen molar-refractivity contribution < 1.29 is 0 Å². The van der Waals surface area contributed by atoms with Crippen LogP contribution in [0.3, 0.4) is 0 Å². The molecule has 2 rings (SSSR count).